The summed E-state index contributed by atoms with van der Waals surface area (Å²) in [5, 5.41) is 6.76. The number of fused-ring (bicyclic) bond motifs is 3. The van der Waals surface area contributed by atoms with Crippen LogP contribution in [-0.4, -0.2) is 28.6 Å². The van der Waals surface area contributed by atoms with E-state index in [9.17, 15) is 0 Å². The van der Waals surface area contributed by atoms with Crippen LogP contribution in [0.2, 0.25) is 0 Å². The number of pyridine rings is 1. The molecular weight excluding hydrogens is 448 g/mol. The summed E-state index contributed by atoms with van der Waals surface area (Å²) in [5.74, 6) is 1.22. The maximum absolute atomic E-state index is 4.63. The quantitative estimate of drug-likeness (QED) is 0.134. The largest absolute Gasteiger partial charge is 0.317 e. The number of para-hydroxylation sites is 1. The number of likely N-dealkylation sites (tertiary alicyclic amines) is 1. The summed E-state index contributed by atoms with van der Waals surface area (Å²) >= 11 is 0. The van der Waals surface area contributed by atoms with Gasteiger partial charge in [-0.05, 0) is 64.6 Å². The molecule has 37 heavy (non-hydrogen) atoms. The first-order chi connectivity index (χ1) is 18.1. The van der Waals surface area contributed by atoms with Gasteiger partial charge in [0.05, 0.1) is 24.6 Å². The molecule has 1 aliphatic rings. The van der Waals surface area contributed by atoms with Gasteiger partial charge in [0.25, 0.3) is 0 Å². The lowest BCUT2D eigenvalue weighted by molar-refractivity contribution is -0.969. The summed E-state index contributed by atoms with van der Waals surface area (Å²) in [7, 11) is 0. The minimum atomic E-state index is 0.471. The summed E-state index contributed by atoms with van der Waals surface area (Å²) < 4.78 is 1.09. The Morgan fingerprint density at radius 1 is 0.919 bits per heavy atom. The molecule has 4 atom stereocenters. The SMILES string of the molecule is C=CC1C[N+](Cc2c3ccccc3cc3ccccc23)(C(C)Cc2ccnc3ccccc23)CCC1C. The molecule has 1 saturated heterocycles. The Morgan fingerprint density at radius 3 is 2.27 bits per heavy atom. The Balaban J connectivity index is 1.48. The molecule has 2 heterocycles. The molecule has 186 valence electrons. The third kappa shape index (κ3) is 4.34. The van der Waals surface area contributed by atoms with Crippen molar-refractivity contribution in [1.82, 2.24) is 4.98 Å². The summed E-state index contributed by atoms with van der Waals surface area (Å²) in [6.07, 6.45) is 6.50. The zero-order chi connectivity index (χ0) is 25.4. The molecule has 0 amide bonds. The van der Waals surface area contributed by atoms with Crippen molar-refractivity contribution in [1.29, 1.82) is 0 Å². The summed E-state index contributed by atoms with van der Waals surface area (Å²) in [5.41, 5.74) is 4.00. The molecule has 0 radical (unpaired) electrons. The van der Waals surface area contributed by atoms with E-state index in [1.165, 1.54) is 51.0 Å². The minimum Gasteiger partial charge on any atom is -0.317 e. The molecule has 1 aliphatic heterocycles. The number of aromatic nitrogens is 1. The predicted molar refractivity (Wildman–Crippen MR) is 158 cm³/mol. The van der Waals surface area contributed by atoms with E-state index in [0.717, 1.165) is 29.5 Å². The van der Waals surface area contributed by atoms with Crippen molar-refractivity contribution in [2.75, 3.05) is 13.1 Å². The fraction of sp³-hybridized carbons (Fsp3) is 0.286. The van der Waals surface area contributed by atoms with E-state index in [0.29, 0.717) is 17.9 Å². The number of hydrogen-bond donors (Lipinski definition) is 0. The third-order valence-corrected chi connectivity index (χ3v) is 9.18. The maximum Gasteiger partial charge on any atom is 0.106 e. The number of quaternary nitrogens is 1. The van der Waals surface area contributed by atoms with E-state index >= 15 is 0 Å². The molecular formula is C35H37N2+. The first kappa shape index (κ1) is 23.9. The second-order valence-electron chi connectivity index (χ2n) is 11.3. The van der Waals surface area contributed by atoms with Gasteiger partial charge in [0.1, 0.15) is 6.54 Å². The van der Waals surface area contributed by atoms with Crippen LogP contribution < -0.4 is 0 Å². The van der Waals surface area contributed by atoms with Crippen molar-refractivity contribution < 1.29 is 4.48 Å². The Hall–Kier alpha value is -3.49. The van der Waals surface area contributed by atoms with E-state index in [2.05, 4.69) is 116 Å². The molecule has 5 aromatic rings. The van der Waals surface area contributed by atoms with Gasteiger partial charge in [0.15, 0.2) is 0 Å². The lowest BCUT2D eigenvalue weighted by Crippen LogP contribution is -2.60. The Bertz CT molecular complexity index is 1530. The lowest BCUT2D eigenvalue weighted by Gasteiger charge is -2.50. The van der Waals surface area contributed by atoms with Crippen molar-refractivity contribution in [3.05, 3.63) is 115 Å². The van der Waals surface area contributed by atoms with Gasteiger partial charge in [0, 0.05) is 29.5 Å². The zero-order valence-electron chi connectivity index (χ0n) is 22.1. The van der Waals surface area contributed by atoms with Crippen molar-refractivity contribution in [2.24, 2.45) is 11.8 Å². The summed E-state index contributed by atoms with van der Waals surface area (Å²) in [4.78, 5) is 4.63. The van der Waals surface area contributed by atoms with Gasteiger partial charge in [-0.15, -0.1) is 6.58 Å². The topological polar surface area (TPSA) is 12.9 Å². The van der Waals surface area contributed by atoms with Crippen LogP contribution in [0.15, 0.2) is 104 Å². The highest BCUT2D eigenvalue weighted by atomic mass is 15.4. The normalized spacial score (nSPS) is 22.9. The fourth-order valence-corrected chi connectivity index (χ4v) is 6.81. The number of rotatable bonds is 6. The highest BCUT2D eigenvalue weighted by molar-refractivity contribution is 6.02. The van der Waals surface area contributed by atoms with Crippen molar-refractivity contribution in [2.45, 2.75) is 39.3 Å². The summed E-state index contributed by atoms with van der Waals surface area (Å²) in [6.45, 7) is 12.6. The van der Waals surface area contributed by atoms with E-state index in [1.807, 2.05) is 6.20 Å². The number of piperidine rings is 1. The second-order valence-corrected chi connectivity index (χ2v) is 11.3. The van der Waals surface area contributed by atoms with Crippen molar-refractivity contribution in [3.63, 3.8) is 0 Å². The molecule has 4 aromatic carbocycles. The van der Waals surface area contributed by atoms with Crippen LogP contribution in [0, 0.1) is 11.8 Å². The van der Waals surface area contributed by atoms with Crippen LogP contribution in [0.5, 0.6) is 0 Å². The lowest BCUT2D eigenvalue weighted by atomic mass is 9.83. The van der Waals surface area contributed by atoms with Crippen LogP contribution in [0.4, 0.5) is 0 Å². The van der Waals surface area contributed by atoms with Gasteiger partial charge in [-0.3, -0.25) is 4.98 Å². The molecule has 0 aliphatic carbocycles. The standard InChI is InChI=1S/C35H37N2/c1-4-27-23-37(20-18-25(27)2,26(3)21-30-17-19-36-35-16-10-9-15-33(30)35)24-34-31-13-7-5-11-28(31)22-29-12-6-8-14-32(29)34/h4-17,19,22,25-27H,1,18,20-21,23-24H2,2-3H3/q+1. The fourth-order valence-electron chi connectivity index (χ4n) is 6.81. The van der Waals surface area contributed by atoms with Crippen LogP contribution in [0.1, 0.15) is 31.4 Å². The molecule has 4 unspecified atom stereocenters. The predicted octanol–water partition coefficient (Wildman–Crippen LogP) is 8.33. The van der Waals surface area contributed by atoms with Crippen LogP contribution in [0.25, 0.3) is 32.4 Å². The van der Waals surface area contributed by atoms with Gasteiger partial charge < -0.3 is 4.48 Å². The van der Waals surface area contributed by atoms with Gasteiger partial charge in [-0.2, -0.15) is 0 Å². The first-order valence-corrected chi connectivity index (χ1v) is 13.8. The highest BCUT2D eigenvalue weighted by Crippen LogP contribution is 2.38. The Kier molecular flexibility index (Phi) is 6.30. The summed E-state index contributed by atoms with van der Waals surface area (Å²) in [6, 6.07) is 31.6. The Morgan fingerprint density at radius 2 is 1.57 bits per heavy atom. The van der Waals surface area contributed by atoms with Crippen LogP contribution in [-0.2, 0) is 13.0 Å². The molecule has 2 heteroatoms. The van der Waals surface area contributed by atoms with Gasteiger partial charge in [-0.25, -0.2) is 0 Å². The van der Waals surface area contributed by atoms with Gasteiger partial charge >= 0.3 is 0 Å². The minimum absolute atomic E-state index is 0.471. The molecule has 2 nitrogen and oxygen atoms in total. The Labute approximate surface area is 220 Å². The molecule has 1 aromatic heterocycles. The molecule has 6 rings (SSSR count). The maximum atomic E-state index is 4.63. The molecule has 0 N–H and O–H groups in total. The average molecular weight is 486 g/mol. The molecule has 1 fully saturated rings. The zero-order valence-corrected chi connectivity index (χ0v) is 22.1. The third-order valence-electron chi connectivity index (χ3n) is 9.18. The number of nitrogens with zero attached hydrogens (tertiary/aromatic N) is 2. The van der Waals surface area contributed by atoms with Gasteiger partial charge in [0.2, 0.25) is 0 Å². The van der Waals surface area contributed by atoms with E-state index in [1.54, 1.807) is 0 Å². The van der Waals surface area contributed by atoms with Crippen LogP contribution >= 0.6 is 0 Å². The molecule has 0 saturated carbocycles. The average Bonchev–Trinajstić information content (AvgIpc) is 2.94. The molecule has 0 bridgehead atoms. The van der Waals surface area contributed by atoms with Crippen molar-refractivity contribution >= 4 is 32.4 Å². The van der Waals surface area contributed by atoms with E-state index in [-0.39, 0.29) is 0 Å². The monoisotopic (exact) mass is 485 g/mol. The first-order valence-electron chi connectivity index (χ1n) is 13.8. The van der Waals surface area contributed by atoms with Crippen molar-refractivity contribution in [3.8, 4) is 0 Å². The van der Waals surface area contributed by atoms with E-state index in [4.69, 9.17) is 0 Å². The number of benzene rings is 4. The molecule has 0 spiro atoms. The second kappa shape index (κ2) is 9.76. The van der Waals surface area contributed by atoms with Crippen LogP contribution in [0.3, 0.4) is 0 Å². The highest BCUT2D eigenvalue weighted by Gasteiger charge is 2.42. The smallest absolute Gasteiger partial charge is 0.106 e. The van der Waals surface area contributed by atoms with E-state index < -0.39 is 0 Å². The van der Waals surface area contributed by atoms with Gasteiger partial charge in [-0.1, -0.05) is 79.7 Å². The number of hydrogen-bond acceptors (Lipinski definition) is 1.